The molecule has 1 rings (SSSR count). The Morgan fingerprint density at radius 2 is 2.24 bits per heavy atom. The Balaban J connectivity index is 2.75. The average molecular weight is 242 g/mol. The minimum Gasteiger partial charge on any atom is -0.476 e. The molecule has 1 heterocycles. The smallest absolute Gasteiger partial charge is 0.357 e. The number of nitrogens with zero attached hydrogens (tertiary/aromatic N) is 1. The molecule has 1 aromatic rings. The average Bonchev–Trinajstić information content (AvgIpc) is 2.64. The zero-order valence-corrected chi connectivity index (χ0v) is 10.2. The second-order valence-corrected chi connectivity index (χ2v) is 4.92. The molecule has 6 heteroatoms. The first kappa shape index (κ1) is 13.5. The van der Waals surface area contributed by atoms with Crippen LogP contribution in [0.15, 0.2) is 10.7 Å². The molecular weight excluding hydrogens is 224 g/mol. The Kier molecular flexibility index (Phi) is 4.11. The van der Waals surface area contributed by atoms with Crippen LogP contribution in [0.4, 0.5) is 6.01 Å². The highest BCUT2D eigenvalue weighted by Gasteiger charge is 2.25. The molecule has 17 heavy (non-hydrogen) atoms. The summed E-state index contributed by atoms with van der Waals surface area (Å²) in [7, 11) is 0. The van der Waals surface area contributed by atoms with Crippen LogP contribution in [-0.2, 0) is 0 Å². The number of hydrogen-bond donors (Lipinski definition) is 3. The number of oxazole rings is 1. The van der Waals surface area contributed by atoms with E-state index in [4.69, 9.17) is 14.6 Å². The van der Waals surface area contributed by atoms with Gasteiger partial charge in [0, 0.05) is 12.6 Å². The minimum atomic E-state index is -1.13. The molecule has 0 aliphatic carbocycles. The number of aromatic carboxylic acids is 1. The van der Waals surface area contributed by atoms with E-state index in [-0.39, 0.29) is 29.8 Å². The SMILES string of the molecule is CC(C)(C)C(CCO)Nc1nc(C(=O)O)co1. The third-order valence-corrected chi connectivity index (χ3v) is 2.48. The van der Waals surface area contributed by atoms with Crippen LogP contribution in [0.1, 0.15) is 37.7 Å². The van der Waals surface area contributed by atoms with Crippen molar-refractivity contribution in [2.75, 3.05) is 11.9 Å². The molecule has 0 aliphatic heterocycles. The van der Waals surface area contributed by atoms with Crippen LogP contribution in [-0.4, -0.2) is 33.8 Å². The molecule has 3 N–H and O–H groups in total. The van der Waals surface area contributed by atoms with Crippen molar-refractivity contribution in [1.29, 1.82) is 0 Å². The number of nitrogens with one attached hydrogen (secondary N) is 1. The van der Waals surface area contributed by atoms with E-state index in [0.29, 0.717) is 6.42 Å². The number of aliphatic hydroxyl groups excluding tert-OH is 1. The third kappa shape index (κ3) is 3.74. The first-order chi connectivity index (χ1) is 7.84. The Bertz CT molecular complexity index is 381. The standard InChI is InChI=1S/C11H18N2O4/c1-11(2,3)8(4-5-14)13-10-12-7(6-17-10)9(15)16/h6,8,14H,4-5H2,1-3H3,(H,12,13)(H,15,16). The number of hydrogen-bond acceptors (Lipinski definition) is 5. The van der Waals surface area contributed by atoms with Gasteiger partial charge in [-0.15, -0.1) is 0 Å². The van der Waals surface area contributed by atoms with Gasteiger partial charge in [-0.05, 0) is 11.8 Å². The molecule has 0 aromatic carbocycles. The van der Waals surface area contributed by atoms with Crippen molar-refractivity contribution in [2.24, 2.45) is 5.41 Å². The van der Waals surface area contributed by atoms with Crippen LogP contribution < -0.4 is 5.32 Å². The highest BCUT2D eigenvalue weighted by Crippen LogP contribution is 2.25. The lowest BCUT2D eigenvalue weighted by Gasteiger charge is -2.30. The van der Waals surface area contributed by atoms with Gasteiger partial charge in [0.05, 0.1) is 0 Å². The summed E-state index contributed by atoms with van der Waals surface area (Å²) in [4.78, 5) is 14.4. The van der Waals surface area contributed by atoms with E-state index in [1.807, 2.05) is 20.8 Å². The van der Waals surface area contributed by atoms with E-state index < -0.39 is 5.97 Å². The molecule has 1 aromatic heterocycles. The summed E-state index contributed by atoms with van der Waals surface area (Å²) in [5.74, 6) is -1.13. The maximum absolute atomic E-state index is 10.6. The minimum absolute atomic E-state index is 0.0431. The van der Waals surface area contributed by atoms with Crippen LogP contribution >= 0.6 is 0 Å². The molecule has 0 bridgehead atoms. The lowest BCUT2D eigenvalue weighted by molar-refractivity contribution is 0.0690. The number of anilines is 1. The largest absolute Gasteiger partial charge is 0.476 e. The van der Waals surface area contributed by atoms with E-state index in [1.54, 1.807) is 0 Å². The van der Waals surface area contributed by atoms with Crippen molar-refractivity contribution >= 4 is 12.0 Å². The summed E-state index contributed by atoms with van der Waals surface area (Å²) < 4.78 is 5.01. The van der Waals surface area contributed by atoms with Crippen molar-refractivity contribution in [3.8, 4) is 0 Å². The van der Waals surface area contributed by atoms with Crippen LogP contribution in [0.25, 0.3) is 0 Å². The number of carbonyl (C=O) groups is 1. The van der Waals surface area contributed by atoms with Crippen molar-refractivity contribution < 1.29 is 19.4 Å². The van der Waals surface area contributed by atoms with Gasteiger partial charge in [0.25, 0.3) is 6.01 Å². The summed E-state index contributed by atoms with van der Waals surface area (Å²) in [5, 5.41) is 20.7. The van der Waals surface area contributed by atoms with Gasteiger partial charge in [-0.2, -0.15) is 4.98 Å². The lowest BCUT2D eigenvalue weighted by atomic mass is 9.85. The molecule has 0 fully saturated rings. The van der Waals surface area contributed by atoms with Crippen molar-refractivity contribution in [1.82, 2.24) is 4.98 Å². The molecular formula is C11H18N2O4. The molecule has 0 amide bonds. The van der Waals surface area contributed by atoms with Gasteiger partial charge < -0.3 is 19.9 Å². The molecule has 6 nitrogen and oxygen atoms in total. The van der Waals surface area contributed by atoms with E-state index in [1.165, 1.54) is 0 Å². The van der Waals surface area contributed by atoms with E-state index in [2.05, 4.69) is 10.3 Å². The van der Waals surface area contributed by atoms with Gasteiger partial charge >= 0.3 is 5.97 Å². The van der Waals surface area contributed by atoms with E-state index >= 15 is 0 Å². The fourth-order valence-corrected chi connectivity index (χ4v) is 1.44. The first-order valence-electron chi connectivity index (χ1n) is 5.41. The van der Waals surface area contributed by atoms with E-state index in [0.717, 1.165) is 6.26 Å². The zero-order valence-electron chi connectivity index (χ0n) is 10.2. The predicted octanol–water partition coefficient (Wildman–Crippen LogP) is 1.58. The fourth-order valence-electron chi connectivity index (χ4n) is 1.44. The Hall–Kier alpha value is -1.56. The molecule has 0 spiro atoms. The summed E-state index contributed by atoms with van der Waals surface area (Å²) in [5.41, 5.74) is -0.232. The van der Waals surface area contributed by atoms with Gasteiger partial charge in [0.1, 0.15) is 6.26 Å². The molecule has 0 aliphatic rings. The summed E-state index contributed by atoms with van der Waals surface area (Å²) >= 11 is 0. The van der Waals surface area contributed by atoms with Gasteiger partial charge in [-0.1, -0.05) is 20.8 Å². The lowest BCUT2D eigenvalue weighted by Crippen LogP contribution is -2.35. The number of carboxylic acid groups (broad SMARTS) is 1. The maximum Gasteiger partial charge on any atom is 0.357 e. The van der Waals surface area contributed by atoms with Gasteiger partial charge in [0.2, 0.25) is 0 Å². The van der Waals surface area contributed by atoms with Gasteiger partial charge in [-0.3, -0.25) is 0 Å². The van der Waals surface area contributed by atoms with Crippen molar-refractivity contribution in [3.05, 3.63) is 12.0 Å². The predicted molar refractivity (Wildman–Crippen MR) is 62.0 cm³/mol. The van der Waals surface area contributed by atoms with E-state index in [9.17, 15) is 4.79 Å². The first-order valence-corrected chi connectivity index (χ1v) is 5.41. The summed E-state index contributed by atoms with van der Waals surface area (Å²) in [6, 6.07) is 0.114. The van der Waals surface area contributed by atoms with Crippen molar-refractivity contribution in [3.63, 3.8) is 0 Å². The zero-order chi connectivity index (χ0) is 13.1. The summed E-state index contributed by atoms with van der Waals surface area (Å²) in [6.07, 6.45) is 1.62. The van der Waals surface area contributed by atoms with Crippen LogP contribution in [0.3, 0.4) is 0 Å². The Morgan fingerprint density at radius 1 is 1.59 bits per heavy atom. The maximum atomic E-state index is 10.6. The monoisotopic (exact) mass is 242 g/mol. The van der Waals surface area contributed by atoms with Gasteiger partial charge in [0.15, 0.2) is 5.69 Å². The third-order valence-electron chi connectivity index (χ3n) is 2.48. The number of rotatable bonds is 5. The Labute approximate surface area is 99.7 Å². The molecule has 0 radical (unpaired) electrons. The normalized spacial score (nSPS) is 13.4. The summed E-state index contributed by atoms with van der Waals surface area (Å²) in [6.45, 7) is 6.09. The highest BCUT2D eigenvalue weighted by atomic mass is 16.4. The number of aliphatic hydroxyl groups is 1. The highest BCUT2D eigenvalue weighted by molar-refractivity contribution is 5.85. The molecule has 1 atom stereocenters. The molecule has 0 saturated carbocycles. The fraction of sp³-hybridized carbons (Fsp3) is 0.636. The van der Waals surface area contributed by atoms with Gasteiger partial charge in [-0.25, -0.2) is 4.79 Å². The Morgan fingerprint density at radius 3 is 2.65 bits per heavy atom. The second-order valence-electron chi connectivity index (χ2n) is 4.92. The number of carboxylic acids is 1. The topological polar surface area (TPSA) is 95.6 Å². The quantitative estimate of drug-likeness (QED) is 0.725. The molecule has 96 valence electrons. The van der Waals surface area contributed by atoms with Crippen LogP contribution in [0, 0.1) is 5.41 Å². The second kappa shape index (κ2) is 5.18. The van der Waals surface area contributed by atoms with Crippen molar-refractivity contribution in [2.45, 2.75) is 33.2 Å². The van der Waals surface area contributed by atoms with Crippen LogP contribution in [0.2, 0.25) is 0 Å². The molecule has 1 unspecified atom stereocenters. The van der Waals surface area contributed by atoms with Crippen LogP contribution in [0.5, 0.6) is 0 Å². The molecule has 0 saturated heterocycles. The number of aromatic nitrogens is 1.